The third-order valence-corrected chi connectivity index (χ3v) is 3.66. The predicted molar refractivity (Wildman–Crippen MR) is 88.6 cm³/mol. The molecule has 1 atom stereocenters. The highest BCUT2D eigenvalue weighted by Gasteiger charge is 2.13. The van der Waals surface area contributed by atoms with Gasteiger partial charge in [0, 0.05) is 23.2 Å². The Morgan fingerprint density at radius 3 is 2.79 bits per heavy atom. The third-order valence-electron chi connectivity index (χ3n) is 3.66. The van der Waals surface area contributed by atoms with Crippen LogP contribution >= 0.6 is 0 Å². The molecule has 0 amide bonds. The molecule has 2 heterocycles. The number of benzene rings is 1. The lowest BCUT2D eigenvalue weighted by molar-refractivity contribution is 0.357. The van der Waals surface area contributed by atoms with E-state index < -0.39 is 0 Å². The lowest BCUT2D eigenvalue weighted by atomic mass is 10.1. The molecular weight excluding hydrogens is 305 g/mol. The summed E-state index contributed by atoms with van der Waals surface area (Å²) >= 11 is 0. The molecule has 0 fully saturated rings. The molecule has 0 N–H and O–H groups in total. The van der Waals surface area contributed by atoms with Crippen molar-refractivity contribution in [2.75, 3.05) is 0 Å². The zero-order valence-electron chi connectivity index (χ0n) is 13.5. The topological polar surface area (TPSA) is 51.8 Å². The first kappa shape index (κ1) is 15.9. The van der Waals surface area contributed by atoms with Crippen molar-refractivity contribution in [2.45, 2.75) is 26.2 Å². The molecule has 0 radical (unpaired) electrons. The van der Waals surface area contributed by atoms with Gasteiger partial charge in [0.2, 0.25) is 11.7 Å². The maximum absolute atomic E-state index is 13.1. The van der Waals surface area contributed by atoms with Gasteiger partial charge in [-0.05, 0) is 42.7 Å². The Labute approximate surface area is 139 Å². The first-order chi connectivity index (χ1) is 11.7. The molecule has 0 aliphatic carbocycles. The molecule has 0 aliphatic rings. The van der Waals surface area contributed by atoms with Crippen LogP contribution in [-0.4, -0.2) is 15.1 Å². The fourth-order valence-electron chi connectivity index (χ4n) is 2.03. The second-order valence-electron chi connectivity index (χ2n) is 5.46. The minimum absolute atomic E-state index is 0.232. The molecule has 120 valence electrons. The van der Waals surface area contributed by atoms with E-state index in [2.05, 4.69) is 33.9 Å². The van der Waals surface area contributed by atoms with Gasteiger partial charge >= 0.3 is 0 Å². The second-order valence-corrected chi connectivity index (χ2v) is 5.46. The molecule has 1 unspecified atom stereocenters. The number of hydrogen-bond donors (Lipinski definition) is 0. The van der Waals surface area contributed by atoms with Gasteiger partial charge in [0.1, 0.15) is 11.5 Å². The first-order valence-corrected chi connectivity index (χ1v) is 7.73. The lowest BCUT2D eigenvalue weighted by Gasteiger charge is -1.98. The van der Waals surface area contributed by atoms with Crippen LogP contribution in [0, 0.1) is 17.7 Å². The molecule has 24 heavy (non-hydrogen) atoms. The highest BCUT2D eigenvalue weighted by Crippen LogP contribution is 2.20. The summed E-state index contributed by atoms with van der Waals surface area (Å²) in [5, 5.41) is 3.98. The van der Waals surface area contributed by atoms with Crippen molar-refractivity contribution in [2.24, 2.45) is 0 Å². The Hall–Kier alpha value is -3.00. The van der Waals surface area contributed by atoms with E-state index >= 15 is 0 Å². The summed E-state index contributed by atoms with van der Waals surface area (Å²) in [6, 6.07) is 9.77. The largest absolute Gasteiger partial charge is 0.339 e. The molecule has 3 rings (SSSR count). The van der Waals surface area contributed by atoms with Gasteiger partial charge in [-0.2, -0.15) is 4.98 Å². The summed E-state index contributed by atoms with van der Waals surface area (Å²) in [6.07, 6.45) is 2.59. The van der Waals surface area contributed by atoms with Gasteiger partial charge in [-0.25, -0.2) is 9.37 Å². The summed E-state index contributed by atoms with van der Waals surface area (Å²) in [5.74, 6) is 6.86. The van der Waals surface area contributed by atoms with Crippen molar-refractivity contribution < 1.29 is 8.91 Å². The van der Waals surface area contributed by atoms with E-state index in [1.165, 1.54) is 12.1 Å². The van der Waals surface area contributed by atoms with Crippen LogP contribution < -0.4 is 0 Å². The Bertz CT molecular complexity index is 891. The lowest BCUT2D eigenvalue weighted by Crippen LogP contribution is -1.91. The van der Waals surface area contributed by atoms with Crippen molar-refractivity contribution in [3.8, 4) is 23.2 Å². The summed E-state index contributed by atoms with van der Waals surface area (Å²) < 4.78 is 18.4. The fraction of sp³-hybridized carbons (Fsp3) is 0.211. The highest BCUT2D eigenvalue weighted by atomic mass is 19.1. The molecule has 0 bridgehead atoms. The quantitative estimate of drug-likeness (QED) is 0.679. The highest BCUT2D eigenvalue weighted by molar-refractivity contribution is 5.54. The molecular formula is C19H16FN3O. The molecule has 0 aliphatic heterocycles. The van der Waals surface area contributed by atoms with Gasteiger partial charge in [0.05, 0.1) is 0 Å². The van der Waals surface area contributed by atoms with Crippen LogP contribution in [0.4, 0.5) is 4.39 Å². The normalized spacial score (nSPS) is 11.6. The van der Waals surface area contributed by atoms with E-state index in [0.717, 1.165) is 12.0 Å². The van der Waals surface area contributed by atoms with Gasteiger partial charge in [0.25, 0.3) is 0 Å². The van der Waals surface area contributed by atoms with Crippen LogP contribution in [0.2, 0.25) is 0 Å². The first-order valence-electron chi connectivity index (χ1n) is 7.73. The zero-order valence-corrected chi connectivity index (χ0v) is 13.5. The van der Waals surface area contributed by atoms with E-state index in [0.29, 0.717) is 23.0 Å². The van der Waals surface area contributed by atoms with Crippen LogP contribution in [-0.2, 0) is 0 Å². The van der Waals surface area contributed by atoms with Gasteiger partial charge in [0.15, 0.2) is 0 Å². The standard InChI is InChI=1S/C19H16FN3O/c1-3-13(2)19-22-18(23-24-19)15-8-10-17(21-12-15)9-7-14-5-4-6-16(20)11-14/h4-6,8,10-13H,3H2,1-2H3. The third kappa shape index (κ3) is 3.66. The number of rotatable bonds is 3. The van der Waals surface area contributed by atoms with E-state index in [9.17, 15) is 4.39 Å². The summed E-state index contributed by atoms with van der Waals surface area (Å²) in [4.78, 5) is 8.67. The fourth-order valence-corrected chi connectivity index (χ4v) is 2.03. The van der Waals surface area contributed by atoms with E-state index in [-0.39, 0.29) is 11.7 Å². The van der Waals surface area contributed by atoms with E-state index in [1.807, 2.05) is 13.0 Å². The molecule has 0 saturated carbocycles. The molecule has 5 heteroatoms. The average molecular weight is 321 g/mol. The van der Waals surface area contributed by atoms with Gasteiger partial charge in [-0.3, -0.25) is 0 Å². The second kappa shape index (κ2) is 7.05. The van der Waals surface area contributed by atoms with Crippen molar-refractivity contribution in [1.29, 1.82) is 0 Å². The molecule has 2 aromatic heterocycles. The molecule has 4 nitrogen and oxygen atoms in total. The maximum atomic E-state index is 13.1. The summed E-state index contributed by atoms with van der Waals surface area (Å²) in [6.45, 7) is 4.11. The minimum atomic E-state index is -0.306. The van der Waals surface area contributed by atoms with Crippen molar-refractivity contribution in [1.82, 2.24) is 15.1 Å². The van der Waals surface area contributed by atoms with Gasteiger partial charge in [-0.15, -0.1) is 0 Å². The van der Waals surface area contributed by atoms with Crippen molar-refractivity contribution in [3.63, 3.8) is 0 Å². The Morgan fingerprint density at radius 2 is 2.08 bits per heavy atom. The molecule has 3 aromatic rings. The maximum Gasteiger partial charge on any atom is 0.229 e. The molecule has 1 aromatic carbocycles. The smallest absolute Gasteiger partial charge is 0.229 e. The predicted octanol–water partition coefficient (Wildman–Crippen LogP) is 4.18. The molecule has 0 saturated heterocycles. The summed E-state index contributed by atoms with van der Waals surface area (Å²) in [7, 11) is 0. The van der Waals surface area contributed by atoms with Crippen LogP contribution in [0.25, 0.3) is 11.4 Å². The summed E-state index contributed by atoms with van der Waals surface area (Å²) in [5.41, 5.74) is 1.97. The minimum Gasteiger partial charge on any atom is -0.339 e. The van der Waals surface area contributed by atoms with Crippen LogP contribution in [0.1, 0.15) is 43.3 Å². The monoisotopic (exact) mass is 321 g/mol. The van der Waals surface area contributed by atoms with Gasteiger partial charge in [-0.1, -0.05) is 31.0 Å². The SMILES string of the molecule is CCC(C)c1nc(-c2ccc(C#Cc3cccc(F)c3)nc2)no1. The number of nitrogens with zero attached hydrogens (tertiary/aromatic N) is 3. The van der Waals surface area contributed by atoms with Crippen LogP contribution in [0.3, 0.4) is 0 Å². The Morgan fingerprint density at radius 1 is 1.21 bits per heavy atom. The van der Waals surface area contributed by atoms with E-state index in [1.54, 1.807) is 24.4 Å². The van der Waals surface area contributed by atoms with Gasteiger partial charge < -0.3 is 4.52 Å². The molecule has 0 spiro atoms. The van der Waals surface area contributed by atoms with Crippen LogP contribution in [0.5, 0.6) is 0 Å². The van der Waals surface area contributed by atoms with Crippen molar-refractivity contribution >= 4 is 0 Å². The number of hydrogen-bond acceptors (Lipinski definition) is 4. The number of halogens is 1. The Balaban J connectivity index is 1.78. The average Bonchev–Trinajstić information content (AvgIpc) is 3.10. The zero-order chi connectivity index (χ0) is 16.9. The van der Waals surface area contributed by atoms with Crippen molar-refractivity contribution in [3.05, 3.63) is 65.6 Å². The number of pyridine rings is 1. The number of aromatic nitrogens is 3. The van der Waals surface area contributed by atoms with E-state index in [4.69, 9.17) is 4.52 Å². The Kier molecular flexibility index (Phi) is 4.66. The van der Waals surface area contributed by atoms with Crippen LogP contribution in [0.15, 0.2) is 47.1 Å².